The van der Waals surface area contributed by atoms with Gasteiger partial charge in [-0.2, -0.15) is 5.26 Å². The second-order valence-electron chi connectivity index (χ2n) is 3.33. The summed E-state index contributed by atoms with van der Waals surface area (Å²) in [6, 6.07) is 2.04. The number of hydrogen-bond acceptors (Lipinski definition) is 3. The lowest BCUT2D eigenvalue weighted by Crippen LogP contribution is -2.14. The van der Waals surface area contributed by atoms with Gasteiger partial charge >= 0.3 is 0 Å². The zero-order valence-corrected chi connectivity index (χ0v) is 9.78. The molecule has 0 bridgehead atoms. The van der Waals surface area contributed by atoms with Gasteiger partial charge in [0.05, 0.1) is 18.1 Å². The van der Waals surface area contributed by atoms with Crippen LogP contribution in [0.1, 0.15) is 20.8 Å². The van der Waals surface area contributed by atoms with Crippen molar-refractivity contribution >= 4 is 6.34 Å². The van der Waals surface area contributed by atoms with Crippen molar-refractivity contribution in [3.8, 4) is 6.07 Å². The lowest BCUT2D eigenvalue weighted by molar-refractivity contribution is 0.551. The Morgan fingerprint density at radius 1 is 1.53 bits per heavy atom. The zero-order chi connectivity index (χ0) is 11.8. The highest BCUT2D eigenvalue weighted by Crippen LogP contribution is 2.06. The minimum absolute atomic E-state index is 0.589. The molecule has 0 radical (unpaired) electrons. The van der Waals surface area contributed by atoms with Crippen molar-refractivity contribution < 1.29 is 0 Å². The fourth-order valence-electron chi connectivity index (χ4n) is 0.733. The molecule has 0 amide bonds. The normalized spacial score (nSPS) is 13.7. The Balaban J connectivity index is 4.84. The molecule has 0 fully saturated rings. The summed E-state index contributed by atoms with van der Waals surface area (Å²) in [7, 11) is 1.92. The summed E-state index contributed by atoms with van der Waals surface area (Å²) in [6.07, 6.45) is 3.38. The summed E-state index contributed by atoms with van der Waals surface area (Å²) >= 11 is 0. The first-order valence-corrected chi connectivity index (χ1v) is 4.80. The van der Waals surface area contributed by atoms with Crippen LogP contribution in [0.4, 0.5) is 0 Å². The Kier molecular flexibility index (Phi) is 5.88. The number of hydrogen-bond donors (Lipinski definition) is 1. The Morgan fingerprint density at radius 3 is 2.53 bits per heavy atom. The minimum atomic E-state index is 0.589. The van der Waals surface area contributed by atoms with E-state index in [2.05, 4.69) is 4.99 Å². The highest BCUT2D eigenvalue weighted by Gasteiger charge is 1.95. The number of nitrogens with zero attached hydrogens (tertiary/aromatic N) is 3. The third kappa shape index (κ3) is 5.53. The van der Waals surface area contributed by atoms with E-state index in [-0.39, 0.29) is 0 Å². The van der Waals surface area contributed by atoms with Crippen LogP contribution >= 0.6 is 0 Å². The van der Waals surface area contributed by atoms with Crippen LogP contribution in [0.25, 0.3) is 0 Å². The van der Waals surface area contributed by atoms with Gasteiger partial charge in [-0.25, -0.2) is 4.99 Å². The van der Waals surface area contributed by atoms with Gasteiger partial charge in [-0.3, -0.25) is 0 Å². The summed E-state index contributed by atoms with van der Waals surface area (Å²) in [5.41, 5.74) is 7.49. The molecule has 2 N–H and O–H groups in total. The van der Waals surface area contributed by atoms with E-state index in [1.54, 1.807) is 26.3 Å². The molecule has 0 rings (SSSR count). The van der Waals surface area contributed by atoms with Gasteiger partial charge in [-0.15, -0.1) is 0 Å². The van der Waals surface area contributed by atoms with Gasteiger partial charge in [0.15, 0.2) is 0 Å². The molecule has 0 saturated carbocycles. The number of aliphatic imine (C=N–C) groups is 1. The minimum Gasteiger partial charge on any atom is -0.401 e. The van der Waals surface area contributed by atoms with Crippen molar-refractivity contribution in [1.82, 2.24) is 4.90 Å². The van der Waals surface area contributed by atoms with Crippen molar-refractivity contribution in [2.75, 3.05) is 13.6 Å². The molecule has 0 aromatic heterocycles. The molecular formula is C11H18N4. The molecule has 0 aliphatic heterocycles. The SMILES string of the molecule is CCN(C)C=NC(/C=C(\C)C#N)=C(\C)N. The Bertz CT molecular complexity index is 327. The van der Waals surface area contributed by atoms with E-state index in [1.807, 2.05) is 24.9 Å². The average Bonchev–Trinajstić information content (AvgIpc) is 2.22. The van der Waals surface area contributed by atoms with Crippen LogP contribution in [-0.2, 0) is 0 Å². The predicted molar refractivity (Wildman–Crippen MR) is 63.1 cm³/mol. The molecule has 0 aromatic carbocycles. The highest BCUT2D eigenvalue weighted by molar-refractivity contribution is 5.57. The second-order valence-corrected chi connectivity index (χ2v) is 3.33. The van der Waals surface area contributed by atoms with E-state index in [1.165, 1.54) is 0 Å². The fourth-order valence-corrected chi connectivity index (χ4v) is 0.733. The molecule has 82 valence electrons. The maximum atomic E-state index is 8.65. The van der Waals surface area contributed by atoms with Gasteiger partial charge in [0.2, 0.25) is 0 Å². The molecule has 0 heterocycles. The Morgan fingerprint density at radius 2 is 2.13 bits per heavy atom. The van der Waals surface area contributed by atoms with E-state index in [0.717, 1.165) is 6.54 Å². The zero-order valence-electron chi connectivity index (χ0n) is 9.78. The molecular weight excluding hydrogens is 188 g/mol. The van der Waals surface area contributed by atoms with Crippen molar-refractivity contribution in [2.24, 2.45) is 10.7 Å². The third-order valence-corrected chi connectivity index (χ3v) is 1.83. The fraction of sp³-hybridized carbons (Fsp3) is 0.455. The number of allylic oxidation sites excluding steroid dienone is 3. The van der Waals surface area contributed by atoms with E-state index in [4.69, 9.17) is 11.0 Å². The topological polar surface area (TPSA) is 65.4 Å². The van der Waals surface area contributed by atoms with E-state index >= 15 is 0 Å². The van der Waals surface area contributed by atoms with Crippen molar-refractivity contribution in [3.63, 3.8) is 0 Å². The van der Waals surface area contributed by atoms with Crippen LogP contribution in [0.3, 0.4) is 0 Å². The van der Waals surface area contributed by atoms with Gasteiger partial charge in [0, 0.05) is 24.9 Å². The van der Waals surface area contributed by atoms with E-state index in [9.17, 15) is 0 Å². The molecule has 4 nitrogen and oxygen atoms in total. The second kappa shape index (κ2) is 6.66. The van der Waals surface area contributed by atoms with Crippen LogP contribution in [0.5, 0.6) is 0 Å². The Hall–Kier alpha value is -1.76. The maximum Gasteiger partial charge on any atom is 0.0944 e. The standard InChI is InChI=1S/C11H18N4/c1-5-15(4)8-14-11(10(3)13)6-9(2)7-12/h6,8H,5,13H2,1-4H3/b9-6+,11-10+,14-8?. The summed E-state index contributed by atoms with van der Waals surface area (Å²) in [4.78, 5) is 6.14. The third-order valence-electron chi connectivity index (χ3n) is 1.83. The first-order chi connectivity index (χ1) is 7.01. The van der Waals surface area contributed by atoms with Gasteiger partial charge in [0.1, 0.15) is 0 Å². The molecule has 0 aliphatic rings. The van der Waals surface area contributed by atoms with Gasteiger partial charge in [0.25, 0.3) is 0 Å². The lowest BCUT2D eigenvalue weighted by atomic mass is 10.2. The van der Waals surface area contributed by atoms with Crippen molar-refractivity contribution in [3.05, 3.63) is 23.0 Å². The summed E-state index contributed by atoms with van der Waals surface area (Å²) in [5, 5.41) is 8.65. The van der Waals surface area contributed by atoms with Crippen LogP contribution in [0, 0.1) is 11.3 Å². The monoisotopic (exact) mass is 206 g/mol. The van der Waals surface area contributed by atoms with Crippen LogP contribution < -0.4 is 5.73 Å². The molecule has 0 aliphatic carbocycles. The summed E-state index contributed by atoms with van der Waals surface area (Å²) < 4.78 is 0. The highest BCUT2D eigenvalue weighted by atomic mass is 15.1. The molecule has 0 saturated heterocycles. The summed E-state index contributed by atoms with van der Waals surface area (Å²) in [5.74, 6) is 0. The average molecular weight is 206 g/mol. The summed E-state index contributed by atoms with van der Waals surface area (Å²) in [6.45, 7) is 6.39. The van der Waals surface area contributed by atoms with Gasteiger partial charge in [-0.1, -0.05) is 0 Å². The molecule has 0 spiro atoms. The van der Waals surface area contributed by atoms with E-state index < -0.39 is 0 Å². The number of rotatable bonds is 4. The first kappa shape index (κ1) is 13.2. The van der Waals surface area contributed by atoms with Crippen LogP contribution in [-0.4, -0.2) is 24.8 Å². The molecule has 15 heavy (non-hydrogen) atoms. The van der Waals surface area contributed by atoms with Gasteiger partial charge in [-0.05, 0) is 26.8 Å². The quantitative estimate of drug-likeness (QED) is 0.329. The van der Waals surface area contributed by atoms with Crippen molar-refractivity contribution in [2.45, 2.75) is 20.8 Å². The van der Waals surface area contributed by atoms with E-state index in [0.29, 0.717) is 17.0 Å². The molecule has 4 heteroatoms. The Labute approximate surface area is 91.4 Å². The van der Waals surface area contributed by atoms with Crippen molar-refractivity contribution in [1.29, 1.82) is 5.26 Å². The maximum absolute atomic E-state index is 8.65. The molecule has 0 aromatic rings. The number of nitriles is 1. The van der Waals surface area contributed by atoms with Gasteiger partial charge < -0.3 is 10.6 Å². The van der Waals surface area contributed by atoms with Crippen LogP contribution in [0.15, 0.2) is 28.0 Å². The predicted octanol–water partition coefficient (Wildman–Crippen LogP) is 1.63. The first-order valence-electron chi connectivity index (χ1n) is 4.80. The largest absolute Gasteiger partial charge is 0.401 e. The number of nitrogens with two attached hydrogens (primary N) is 1. The molecule has 0 unspecified atom stereocenters. The smallest absolute Gasteiger partial charge is 0.0944 e. The molecule has 0 atom stereocenters. The van der Waals surface area contributed by atoms with Crippen LogP contribution in [0.2, 0.25) is 0 Å². The lowest BCUT2D eigenvalue weighted by Gasteiger charge is -2.08.